The van der Waals surface area contributed by atoms with Crippen LogP contribution in [0.1, 0.15) is 29.6 Å². The minimum Gasteiger partial charge on any atom is -0.497 e. The molecule has 6 heteroatoms. The van der Waals surface area contributed by atoms with Crippen LogP contribution in [0, 0.1) is 13.8 Å². The van der Waals surface area contributed by atoms with E-state index in [-0.39, 0.29) is 11.8 Å². The fraction of sp³-hybridized carbons (Fsp3) is 0.400. The number of hydrogen-bond donors (Lipinski definition) is 0. The SMILES string of the molecule is COc1ccc(C)c(N2CC(c3noc(C)n3)CC2=O)c1. The predicted octanol–water partition coefficient (Wildman–Crippen LogP) is 2.22. The first-order valence-corrected chi connectivity index (χ1v) is 6.83. The molecule has 1 atom stereocenters. The van der Waals surface area contributed by atoms with Gasteiger partial charge in [0.2, 0.25) is 11.8 Å². The van der Waals surface area contributed by atoms with Crippen LogP contribution in [0.25, 0.3) is 0 Å². The van der Waals surface area contributed by atoms with Crippen molar-refractivity contribution in [1.82, 2.24) is 10.1 Å². The third kappa shape index (κ3) is 2.49. The Morgan fingerprint density at radius 1 is 1.38 bits per heavy atom. The second kappa shape index (κ2) is 5.20. The van der Waals surface area contributed by atoms with Crippen LogP contribution in [-0.2, 0) is 4.79 Å². The average Bonchev–Trinajstić information content (AvgIpc) is 3.06. The van der Waals surface area contributed by atoms with Crippen LogP contribution in [0.2, 0.25) is 0 Å². The van der Waals surface area contributed by atoms with E-state index in [0.29, 0.717) is 24.7 Å². The maximum Gasteiger partial charge on any atom is 0.227 e. The molecule has 1 aromatic carbocycles. The highest BCUT2D eigenvalue weighted by atomic mass is 16.5. The quantitative estimate of drug-likeness (QED) is 0.865. The predicted molar refractivity (Wildman–Crippen MR) is 76.5 cm³/mol. The molecule has 0 spiro atoms. The first-order valence-electron chi connectivity index (χ1n) is 6.83. The van der Waals surface area contributed by atoms with Gasteiger partial charge in [-0.15, -0.1) is 0 Å². The minimum absolute atomic E-state index is 0.0273. The van der Waals surface area contributed by atoms with Crippen molar-refractivity contribution in [3.63, 3.8) is 0 Å². The lowest BCUT2D eigenvalue weighted by molar-refractivity contribution is -0.117. The number of aromatic nitrogens is 2. The van der Waals surface area contributed by atoms with E-state index in [1.165, 1.54) is 0 Å². The molecule has 0 aliphatic carbocycles. The van der Waals surface area contributed by atoms with Crippen LogP contribution in [0.15, 0.2) is 22.7 Å². The van der Waals surface area contributed by atoms with Gasteiger partial charge in [-0.25, -0.2) is 0 Å². The largest absolute Gasteiger partial charge is 0.497 e. The molecule has 1 saturated heterocycles. The Morgan fingerprint density at radius 2 is 2.19 bits per heavy atom. The molecule has 2 heterocycles. The fourth-order valence-electron chi connectivity index (χ4n) is 2.60. The molecule has 1 unspecified atom stereocenters. The van der Waals surface area contributed by atoms with E-state index in [9.17, 15) is 4.79 Å². The lowest BCUT2D eigenvalue weighted by Crippen LogP contribution is -2.25. The Balaban J connectivity index is 1.88. The van der Waals surface area contributed by atoms with Crippen LogP contribution in [-0.4, -0.2) is 29.7 Å². The zero-order chi connectivity index (χ0) is 15.0. The average molecular weight is 287 g/mol. The Labute approximate surface area is 122 Å². The monoisotopic (exact) mass is 287 g/mol. The zero-order valence-corrected chi connectivity index (χ0v) is 12.3. The summed E-state index contributed by atoms with van der Waals surface area (Å²) in [4.78, 5) is 18.3. The summed E-state index contributed by atoms with van der Waals surface area (Å²) in [6.07, 6.45) is 0.398. The Bertz CT molecular complexity index is 681. The van der Waals surface area contributed by atoms with Gasteiger partial charge in [0.25, 0.3) is 0 Å². The van der Waals surface area contributed by atoms with Gasteiger partial charge in [-0.2, -0.15) is 4.98 Å². The Hall–Kier alpha value is -2.37. The van der Waals surface area contributed by atoms with Crippen molar-refractivity contribution < 1.29 is 14.1 Å². The summed E-state index contributed by atoms with van der Waals surface area (Å²) in [5, 5.41) is 3.93. The van der Waals surface area contributed by atoms with Gasteiger partial charge in [0.05, 0.1) is 12.8 Å². The molecular formula is C15H17N3O3. The van der Waals surface area contributed by atoms with Gasteiger partial charge in [-0.1, -0.05) is 11.2 Å². The number of aryl methyl sites for hydroxylation is 2. The standard InChI is InChI=1S/C15H17N3O3/c1-9-4-5-12(20-3)7-13(9)18-8-11(6-14(18)19)15-16-10(2)21-17-15/h4-5,7,11H,6,8H2,1-3H3. The number of ether oxygens (including phenoxy) is 1. The second-order valence-corrected chi connectivity index (χ2v) is 5.23. The Kier molecular flexibility index (Phi) is 3.37. The number of rotatable bonds is 3. The van der Waals surface area contributed by atoms with E-state index in [1.807, 2.05) is 25.1 Å². The molecule has 0 radical (unpaired) electrons. The fourth-order valence-corrected chi connectivity index (χ4v) is 2.60. The minimum atomic E-state index is -0.0273. The first kappa shape index (κ1) is 13.6. The third-order valence-electron chi connectivity index (χ3n) is 3.74. The molecular weight excluding hydrogens is 270 g/mol. The van der Waals surface area contributed by atoms with Crippen molar-refractivity contribution in [3.8, 4) is 5.75 Å². The molecule has 1 fully saturated rings. The van der Waals surface area contributed by atoms with Gasteiger partial charge in [0.1, 0.15) is 5.75 Å². The number of methoxy groups -OCH3 is 1. The highest BCUT2D eigenvalue weighted by Crippen LogP contribution is 2.34. The molecule has 0 N–H and O–H groups in total. The van der Waals surface area contributed by atoms with E-state index in [2.05, 4.69) is 10.1 Å². The van der Waals surface area contributed by atoms with E-state index in [0.717, 1.165) is 17.0 Å². The van der Waals surface area contributed by atoms with Crippen molar-refractivity contribution in [2.75, 3.05) is 18.6 Å². The molecule has 1 aromatic heterocycles. The van der Waals surface area contributed by atoms with E-state index in [1.54, 1.807) is 18.9 Å². The van der Waals surface area contributed by atoms with Gasteiger partial charge >= 0.3 is 0 Å². The number of amides is 1. The van der Waals surface area contributed by atoms with Crippen LogP contribution >= 0.6 is 0 Å². The number of carbonyl (C=O) groups excluding carboxylic acids is 1. The second-order valence-electron chi connectivity index (χ2n) is 5.23. The highest BCUT2D eigenvalue weighted by molar-refractivity contribution is 5.97. The van der Waals surface area contributed by atoms with Crippen LogP contribution in [0.5, 0.6) is 5.75 Å². The molecule has 6 nitrogen and oxygen atoms in total. The molecule has 1 aliphatic heterocycles. The maximum atomic E-state index is 12.3. The van der Waals surface area contributed by atoms with Crippen LogP contribution < -0.4 is 9.64 Å². The number of nitrogens with zero attached hydrogens (tertiary/aromatic N) is 3. The number of carbonyl (C=O) groups is 1. The zero-order valence-electron chi connectivity index (χ0n) is 12.3. The van der Waals surface area contributed by atoms with E-state index >= 15 is 0 Å². The normalized spacial score (nSPS) is 18.3. The molecule has 21 heavy (non-hydrogen) atoms. The topological polar surface area (TPSA) is 68.5 Å². The Morgan fingerprint density at radius 3 is 2.86 bits per heavy atom. The van der Waals surface area contributed by atoms with Crippen LogP contribution in [0.4, 0.5) is 5.69 Å². The lowest BCUT2D eigenvalue weighted by atomic mass is 10.1. The number of hydrogen-bond acceptors (Lipinski definition) is 5. The third-order valence-corrected chi connectivity index (χ3v) is 3.74. The van der Waals surface area contributed by atoms with Crippen LogP contribution in [0.3, 0.4) is 0 Å². The molecule has 1 amide bonds. The van der Waals surface area contributed by atoms with Gasteiger partial charge in [-0.05, 0) is 18.6 Å². The van der Waals surface area contributed by atoms with Gasteiger partial charge < -0.3 is 14.2 Å². The summed E-state index contributed by atoms with van der Waals surface area (Å²) in [6, 6.07) is 5.73. The maximum absolute atomic E-state index is 12.3. The summed E-state index contributed by atoms with van der Waals surface area (Å²) >= 11 is 0. The van der Waals surface area contributed by atoms with Crippen molar-refractivity contribution in [3.05, 3.63) is 35.5 Å². The molecule has 1 aliphatic rings. The van der Waals surface area contributed by atoms with Crippen molar-refractivity contribution in [1.29, 1.82) is 0 Å². The molecule has 2 aromatic rings. The number of anilines is 1. The molecule has 0 bridgehead atoms. The van der Waals surface area contributed by atoms with Gasteiger partial charge in [-0.3, -0.25) is 4.79 Å². The molecule has 0 saturated carbocycles. The van der Waals surface area contributed by atoms with Crippen molar-refractivity contribution in [2.45, 2.75) is 26.2 Å². The lowest BCUT2D eigenvalue weighted by Gasteiger charge is -2.19. The van der Waals surface area contributed by atoms with E-state index in [4.69, 9.17) is 9.26 Å². The summed E-state index contributed by atoms with van der Waals surface area (Å²) in [5.41, 5.74) is 1.91. The summed E-state index contributed by atoms with van der Waals surface area (Å²) in [6.45, 7) is 4.29. The smallest absolute Gasteiger partial charge is 0.227 e. The summed E-state index contributed by atoms with van der Waals surface area (Å²) in [5.74, 6) is 1.90. The van der Waals surface area contributed by atoms with Gasteiger partial charge in [0.15, 0.2) is 5.82 Å². The molecule has 3 rings (SSSR count). The van der Waals surface area contributed by atoms with Crippen molar-refractivity contribution >= 4 is 11.6 Å². The van der Waals surface area contributed by atoms with E-state index < -0.39 is 0 Å². The first-order chi connectivity index (χ1) is 10.1. The van der Waals surface area contributed by atoms with Crippen molar-refractivity contribution in [2.24, 2.45) is 0 Å². The molecule has 110 valence electrons. The summed E-state index contributed by atoms with van der Waals surface area (Å²) in [7, 11) is 1.62. The summed E-state index contributed by atoms with van der Waals surface area (Å²) < 4.78 is 10.2. The number of benzene rings is 1. The van der Waals surface area contributed by atoms with Gasteiger partial charge in [0, 0.05) is 31.9 Å². The highest BCUT2D eigenvalue weighted by Gasteiger charge is 2.35.